The van der Waals surface area contributed by atoms with E-state index in [1.807, 2.05) is 0 Å². The molecule has 8 heteroatoms. The number of hydrogen-bond donors (Lipinski definition) is 2. The molecule has 0 unspecified atom stereocenters. The van der Waals surface area contributed by atoms with Crippen LogP contribution in [0.25, 0.3) is 0 Å². The maximum absolute atomic E-state index is 13.9. The van der Waals surface area contributed by atoms with Crippen molar-refractivity contribution in [3.05, 3.63) is 47.5 Å². The van der Waals surface area contributed by atoms with Crippen LogP contribution >= 0.6 is 0 Å². The third kappa shape index (κ3) is 3.66. The first kappa shape index (κ1) is 15.6. The molecule has 0 saturated heterocycles. The molecule has 1 aromatic carbocycles. The first-order valence-corrected chi connectivity index (χ1v) is 7.82. The molecule has 1 heterocycles. The molecule has 0 aliphatic heterocycles. The fourth-order valence-electron chi connectivity index (χ4n) is 1.90. The van der Waals surface area contributed by atoms with Crippen molar-refractivity contribution < 1.29 is 12.8 Å². The van der Waals surface area contributed by atoms with Crippen molar-refractivity contribution in [2.24, 2.45) is 7.05 Å². The largest absolute Gasteiger partial charge is 0.316 e. The van der Waals surface area contributed by atoms with Crippen molar-refractivity contribution in [1.82, 2.24) is 19.8 Å². The smallest absolute Gasteiger partial charge is 0.243 e. The number of nitrogens with zero attached hydrogens (tertiary/aromatic N) is 2. The van der Waals surface area contributed by atoms with Crippen molar-refractivity contribution in [1.29, 1.82) is 0 Å². The van der Waals surface area contributed by atoms with Gasteiger partial charge in [0.15, 0.2) is 0 Å². The van der Waals surface area contributed by atoms with Gasteiger partial charge in [0.05, 0.1) is 12.2 Å². The second-order valence-electron chi connectivity index (χ2n) is 4.57. The highest BCUT2D eigenvalue weighted by molar-refractivity contribution is 7.89. The van der Waals surface area contributed by atoms with Crippen LogP contribution in [0.2, 0.25) is 0 Å². The van der Waals surface area contributed by atoms with Gasteiger partial charge in [-0.25, -0.2) is 17.5 Å². The summed E-state index contributed by atoms with van der Waals surface area (Å²) in [6, 6.07) is 5.76. The number of halogens is 1. The minimum Gasteiger partial charge on any atom is -0.316 e. The first-order valence-electron chi connectivity index (χ1n) is 6.33. The Labute approximate surface area is 123 Å². The van der Waals surface area contributed by atoms with Gasteiger partial charge in [0.2, 0.25) is 10.0 Å². The minimum atomic E-state index is -3.90. The lowest BCUT2D eigenvalue weighted by Gasteiger charge is -2.09. The third-order valence-electron chi connectivity index (χ3n) is 3.03. The Hall–Kier alpha value is -1.77. The lowest BCUT2D eigenvalue weighted by molar-refractivity contribution is 0.553. The fraction of sp³-hybridized carbons (Fsp3) is 0.308. The van der Waals surface area contributed by atoms with Gasteiger partial charge in [-0.1, -0.05) is 6.07 Å². The zero-order valence-corrected chi connectivity index (χ0v) is 12.6. The molecule has 0 spiro atoms. The second kappa shape index (κ2) is 6.33. The maximum Gasteiger partial charge on any atom is 0.243 e. The highest BCUT2D eigenvalue weighted by Gasteiger charge is 2.19. The van der Waals surface area contributed by atoms with Gasteiger partial charge < -0.3 is 5.32 Å². The highest BCUT2D eigenvalue weighted by Crippen LogP contribution is 2.16. The predicted molar refractivity (Wildman–Crippen MR) is 76.4 cm³/mol. The highest BCUT2D eigenvalue weighted by atomic mass is 32.2. The molecule has 114 valence electrons. The normalized spacial score (nSPS) is 11.8. The van der Waals surface area contributed by atoms with Gasteiger partial charge in [-0.2, -0.15) is 5.10 Å². The van der Waals surface area contributed by atoms with Gasteiger partial charge >= 0.3 is 0 Å². The van der Waals surface area contributed by atoms with E-state index in [0.29, 0.717) is 17.8 Å². The Balaban J connectivity index is 2.17. The fourth-order valence-corrected chi connectivity index (χ4v) is 2.95. The summed E-state index contributed by atoms with van der Waals surface area (Å²) in [5.74, 6) is -0.764. The molecule has 0 fully saturated rings. The molecule has 2 N–H and O–H groups in total. The number of benzene rings is 1. The number of nitrogens with one attached hydrogen (secondary N) is 2. The van der Waals surface area contributed by atoms with Gasteiger partial charge in [0.1, 0.15) is 10.7 Å². The Morgan fingerprint density at radius 1 is 1.29 bits per heavy atom. The van der Waals surface area contributed by atoms with E-state index in [9.17, 15) is 12.8 Å². The number of sulfonamides is 1. The minimum absolute atomic E-state index is 0.0521. The summed E-state index contributed by atoms with van der Waals surface area (Å²) in [6.45, 7) is 0.524. The van der Waals surface area contributed by atoms with Gasteiger partial charge in [-0.15, -0.1) is 0 Å². The average Bonchev–Trinajstić information content (AvgIpc) is 2.82. The molecule has 21 heavy (non-hydrogen) atoms. The van der Waals surface area contributed by atoms with E-state index in [2.05, 4.69) is 15.1 Å². The molecule has 6 nitrogen and oxygen atoms in total. The van der Waals surface area contributed by atoms with Crippen LogP contribution in [0, 0.1) is 5.82 Å². The number of aromatic nitrogens is 2. The van der Waals surface area contributed by atoms with Crippen LogP contribution in [0.1, 0.15) is 11.3 Å². The van der Waals surface area contributed by atoms with Crippen molar-refractivity contribution in [3.63, 3.8) is 0 Å². The molecular formula is C13H17FN4O2S. The molecule has 0 amide bonds. The van der Waals surface area contributed by atoms with Crippen LogP contribution in [0.15, 0.2) is 35.4 Å². The van der Waals surface area contributed by atoms with Crippen molar-refractivity contribution >= 4 is 10.0 Å². The zero-order valence-electron chi connectivity index (χ0n) is 11.8. The lowest BCUT2D eigenvalue weighted by Crippen LogP contribution is -2.25. The van der Waals surface area contributed by atoms with Gasteiger partial charge in [-0.3, -0.25) is 4.68 Å². The summed E-state index contributed by atoms with van der Waals surface area (Å²) in [5.41, 5.74) is 1.37. The molecule has 2 aromatic rings. The van der Waals surface area contributed by atoms with E-state index in [1.54, 1.807) is 37.1 Å². The summed E-state index contributed by atoms with van der Waals surface area (Å²) in [4.78, 5) is -0.357. The summed E-state index contributed by atoms with van der Waals surface area (Å²) < 4.78 is 42.1. The van der Waals surface area contributed by atoms with Gasteiger partial charge in [0.25, 0.3) is 0 Å². The second-order valence-corrected chi connectivity index (χ2v) is 6.30. The summed E-state index contributed by atoms with van der Waals surface area (Å²) in [5, 5.41) is 6.82. The Kier molecular flexibility index (Phi) is 4.71. The summed E-state index contributed by atoms with van der Waals surface area (Å²) in [6.07, 6.45) is 1.57. The van der Waals surface area contributed by atoms with E-state index in [-0.39, 0.29) is 11.4 Å². The molecule has 0 saturated carbocycles. The van der Waals surface area contributed by atoms with Crippen LogP contribution in [0.4, 0.5) is 4.39 Å². The van der Waals surface area contributed by atoms with Crippen molar-refractivity contribution in [2.75, 3.05) is 7.05 Å². The zero-order chi connectivity index (χ0) is 15.5. The van der Waals surface area contributed by atoms with Crippen LogP contribution in [-0.2, 0) is 30.2 Å². The van der Waals surface area contributed by atoms with E-state index in [1.165, 1.54) is 12.1 Å². The van der Waals surface area contributed by atoms with E-state index in [4.69, 9.17) is 0 Å². The molecule has 0 radical (unpaired) electrons. The number of aryl methyl sites for hydroxylation is 1. The van der Waals surface area contributed by atoms with Crippen LogP contribution in [-0.4, -0.2) is 25.2 Å². The lowest BCUT2D eigenvalue weighted by atomic mass is 10.2. The van der Waals surface area contributed by atoms with E-state index in [0.717, 1.165) is 0 Å². The summed E-state index contributed by atoms with van der Waals surface area (Å²) in [7, 11) is -0.463. The first-order chi connectivity index (χ1) is 9.94. The van der Waals surface area contributed by atoms with E-state index < -0.39 is 15.8 Å². The molecule has 0 atom stereocenters. The SMILES string of the molecule is CNCc1ccc(S(=O)(=O)NCc2ccnn2C)c(F)c1. The average molecular weight is 312 g/mol. The quantitative estimate of drug-likeness (QED) is 0.825. The van der Waals surface area contributed by atoms with Crippen molar-refractivity contribution in [2.45, 2.75) is 18.0 Å². The molecule has 0 aliphatic carbocycles. The molecule has 1 aromatic heterocycles. The summed E-state index contributed by atoms with van der Waals surface area (Å²) >= 11 is 0. The van der Waals surface area contributed by atoms with Crippen molar-refractivity contribution in [3.8, 4) is 0 Å². The third-order valence-corrected chi connectivity index (χ3v) is 4.47. The maximum atomic E-state index is 13.9. The van der Waals surface area contributed by atoms with Crippen LogP contribution in [0.3, 0.4) is 0 Å². The van der Waals surface area contributed by atoms with Crippen LogP contribution < -0.4 is 10.0 Å². The molecule has 2 rings (SSSR count). The number of rotatable bonds is 6. The molecule has 0 bridgehead atoms. The van der Waals surface area contributed by atoms with Gasteiger partial charge in [-0.05, 0) is 30.8 Å². The monoisotopic (exact) mass is 312 g/mol. The molecular weight excluding hydrogens is 295 g/mol. The molecule has 0 aliphatic rings. The Morgan fingerprint density at radius 3 is 2.62 bits per heavy atom. The Bertz CT molecular complexity index is 728. The van der Waals surface area contributed by atoms with Gasteiger partial charge in [0, 0.05) is 19.8 Å². The number of hydrogen-bond acceptors (Lipinski definition) is 4. The standard InChI is InChI=1S/C13H17FN4O2S/c1-15-8-10-3-4-13(12(14)7-10)21(19,20)17-9-11-5-6-16-18(11)2/h3-7,15,17H,8-9H2,1-2H3. The van der Waals surface area contributed by atoms with E-state index >= 15 is 0 Å². The topological polar surface area (TPSA) is 76.0 Å². The predicted octanol–water partition coefficient (Wildman–Crippen LogP) is 0.757. The Morgan fingerprint density at radius 2 is 2.05 bits per heavy atom. The van der Waals surface area contributed by atoms with Crippen LogP contribution in [0.5, 0.6) is 0 Å².